The van der Waals surface area contributed by atoms with Crippen molar-refractivity contribution in [2.75, 3.05) is 32.3 Å². The number of likely N-dealkylation sites (N-methyl/N-ethyl adjacent to an activating group) is 1. The quantitative estimate of drug-likeness (QED) is 0.577. The monoisotopic (exact) mass is 450 g/mol. The standard InChI is InChI=1S/C20H20F2N4O6/c1-24-13(8-32-2)25-7-12(27)15-14(17(28)18(29)16(20(24)31)26(15)25)19(30)23-6-9-3-4-10(21)5-11(9)22/h3-5,12-13,27,29H,6-8H2,1-2H3,(H,23,30). The molecule has 32 heavy (non-hydrogen) atoms. The van der Waals surface area contributed by atoms with Gasteiger partial charge < -0.3 is 25.2 Å². The highest BCUT2D eigenvalue weighted by molar-refractivity contribution is 6.00. The van der Waals surface area contributed by atoms with Gasteiger partial charge in [-0.25, -0.2) is 13.5 Å². The topological polar surface area (TPSA) is 124 Å². The van der Waals surface area contributed by atoms with Crippen molar-refractivity contribution in [1.82, 2.24) is 14.9 Å². The van der Waals surface area contributed by atoms with Crippen LogP contribution in [0.2, 0.25) is 0 Å². The van der Waals surface area contributed by atoms with Crippen LogP contribution in [-0.4, -0.2) is 65.1 Å². The van der Waals surface area contributed by atoms with E-state index in [-0.39, 0.29) is 36.6 Å². The molecule has 2 amide bonds. The molecular formula is C20H20F2N4O6. The number of halogens is 2. The largest absolute Gasteiger partial charge is 0.502 e. The van der Waals surface area contributed by atoms with Gasteiger partial charge in [0, 0.05) is 32.3 Å². The minimum Gasteiger partial charge on any atom is -0.502 e. The molecule has 2 unspecified atom stereocenters. The number of aromatic nitrogens is 1. The molecule has 2 aromatic rings. The van der Waals surface area contributed by atoms with Crippen molar-refractivity contribution in [3.8, 4) is 5.75 Å². The van der Waals surface area contributed by atoms with E-state index >= 15 is 0 Å². The summed E-state index contributed by atoms with van der Waals surface area (Å²) in [5.74, 6) is -4.30. The molecule has 0 radical (unpaired) electrons. The second-order valence-corrected chi connectivity index (χ2v) is 7.51. The van der Waals surface area contributed by atoms with Gasteiger partial charge in [-0.1, -0.05) is 6.07 Å². The number of pyridine rings is 1. The van der Waals surface area contributed by atoms with Crippen LogP contribution in [0, 0.1) is 11.6 Å². The van der Waals surface area contributed by atoms with Crippen LogP contribution in [0.25, 0.3) is 0 Å². The maximum atomic E-state index is 13.9. The number of nitrogens with zero attached hydrogens (tertiary/aromatic N) is 3. The number of benzene rings is 1. The summed E-state index contributed by atoms with van der Waals surface area (Å²) in [6, 6.07) is 2.81. The lowest BCUT2D eigenvalue weighted by atomic mass is 10.1. The molecule has 0 bridgehead atoms. The van der Waals surface area contributed by atoms with Gasteiger partial charge in [0.25, 0.3) is 11.8 Å². The molecule has 10 nitrogen and oxygen atoms in total. The number of methoxy groups -OCH3 is 1. The third-order valence-electron chi connectivity index (χ3n) is 5.61. The van der Waals surface area contributed by atoms with Crippen molar-refractivity contribution >= 4 is 11.8 Å². The maximum Gasteiger partial charge on any atom is 0.277 e. The zero-order valence-electron chi connectivity index (χ0n) is 17.1. The van der Waals surface area contributed by atoms with Crippen LogP contribution in [0.5, 0.6) is 5.75 Å². The summed E-state index contributed by atoms with van der Waals surface area (Å²) < 4.78 is 33.3. The number of rotatable bonds is 5. The van der Waals surface area contributed by atoms with Crippen LogP contribution in [-0.2, 0) is 11.3 Å². The fourth-order valence-electron chi connectivity index (χ4n) is 4.03. The summed E-state index contributed by atoms with van der Waals surface area (Å²) in [6.07, 6.45) is -1.99. The minimum atomic E-state index is -1.33. The molecule has 2 aliphatic rings. The van der Waals surface area contributed by atoms with Gasteiger partial charge in [0.05, 0.1) is 18.8 Å². The van der Waals surface area contributed by atoms with Crippen molar-refractivity contribution in [3.63, 3.8) is 0 Å². The van der Waals surface area contributed by atoms with Crippen molar-refractivity contribution in [3.05, 3.63) is 62.6 Å². The molecule has 2 aliphatic heterocycles. The Bertz CT molecular complexity index is 1180. The highest BCUT2D eigenvalue weighted by atomic mass is 19.1. The predicted molar refractivity (Wildman–Crippen MR) is 106 cm³/mol. The van der Waals surface area contributed by atoms with E-state index in [9.17, 15) is 33.4 Å². The van der Waals surface area contributed by atoms with Crippen molar-refractivity contribution < 1.29 is 33.3 Å². The van der Waals surface area contributed by atoms with Gasteiger partial charge in [-0.3, -0.25) is 19.4 Å². The summed E-state index contributed by atoms with van der Waals surface area (Å²) in [6.45, 7) is -0.388. The molecule has 1 aromatic carbocycles. The fourth-order valence-corrected chi connectivity index (χ4v) is 4.03. The first kappa shape index (κ1) is 21.7. The Morgan fingerprint density at radius 1 is 1.31 bits per heavy atom. The normalized spacial score (nSPS) is 19.3. The van der Waals surface area contributed by atoms with E-state index in [0.29, 0.717) is 6.07 Å². The molecular weight excluding hydrogens is 430 g/mol. The lowest BCUT2D eigenvalue weighted by Gasteiger charge is -2.42. The number of carbonyl (C=O) groups excluding carboxylic acids is 2. The fraction of sp³-hybridized carbons (Fsp3) is 0.350. The molecule has 0 fully saturated rings. The van der Waals surface area contributed by atoms with Crippen LogP contribution in [0.1, 0.15) is 38.2 Å². The van der Waals surface area contributed by atoms with E-state index in [1.807, 2.05) is 0 Å². The number of hydrogen-bond donors (Lipinski definition) is 3. The van der Waals surface area contributed by atoms with Crippen molar-refractivity contribution in [1.29, 1.82) is 0 Å². The number of aliphatic hydroxyl groups is 1. The summed E-state index contributed by atoms with van der Waals surface area (Å²) in [7, 11) is 2.89. The number of aliphatic hydroxyl groups excluding tert-OH is 1. The molecule has 12 heteroatoms. The average molecular weight is 450 g/mol. The third kappa shape index (κ3) is 3.19. The Morgan fingerprint density at radius 2 is 2.03 bits per heavy atom. The molecule has 0 saturated heterocycles. The minimum absolute atomic E-state index is 0.0300. The Balaban J connectivity index is 1.78. The number of nitrogens with one attached hydrogen (secondary N) is 1. The first-order valence-corrected chi connectivity index (χ1v) is 9.62. The molecule has 0 spiro atoms. The molecule has 3 N–H and O–H groups in total. The van der Waals surface area contributed by atoms with Crippen molar-refractivity contribution in [2.45, 2.75) is 18.8 Å². The van der Waals surface area contributed by atoms with Gasteiger partial charge in [-0.05, 0) is 6.07 Å². The Kier molecular flexibility index (Phi) is 5.34. The highest BCUT2D eigenvalue weighted by Crippen LogP contribution is 2.34. The molecule has 4 rings (SSSR count). The van der Waals surface area contributed by atoms with Crippen molar-refractivity contribution in [2.24, 2.45) is 0 Å². The molecule has 1 aromatic heterocycles. The smallest absolute Gasteiger partial charge is 0.277 e. The zero-order chi connectivity index (χ0) is 23.3. The van der Waals surface area contributed by atoms with E-state index in [0.717, 1.165) is 12.1 Å². The van der Waals surface area contributed by atoms with Crippen LogP contribution in [0.4, 0.5) is 8.78 Å². The summed E-state index contributed by atoms with van der Waals surface area (Å²) in [5, 5.41) is 25.0. The van der Waals surface area contributed by atoms with E-state index in [2.05, 4.69) is 5.32 Å². The molecule has 0 aliphatic carbocycles. The Hall–Kier alpha value is -3.51. The van der Waals surface area contributed by atoms with Gasteiger partial charge in [0.1, 0.15) is 29.5 Å². The summed E-state index contributed by atoms with van der Waals surface area (Å²) >= 11 is 0. The highest BCUT2D eigenvalue weighted by Gasteiger charge is 2.47. The first-order valence-electron chi connectivity index (χ1n) is 9.62. The van der Waals surface area contributed by atoms with Gasteiger partial charge in [0.2, 0.25) is 5.43 Å². The molecule has 3 heterocycles. The van der Waals surface area contributed by atoms with Gasteiger partial charge in [-0.15, -0.1) is 0 Å². The van der Waals surface area contributed by atoms with E-state index in [4.69, 9.17) is 4.74 Å². The molecule has 170 valence electrons. The van der Waals surface area contributed by atoms with Crippen LogP contribution in [0.15, 0.2) is 23.0 Å². The summed E-state index contributed by atoms with van der Waals surface area (Å²) in [4.78, 5) is 39.8. The predicted octanol–water partition coefficient (Wildman–Crippen LogP) is -0.195. The maximum absolute atomic E-state index is 13.9. The lowest BCUT2D eigenvalue weighted by Crippen LogP contribution is -2.60. The van der Waals surface area contributed by atoms with Crippen LogP contribution >= 0.6 is 0 Å². The number of ether oxygens (including phenoxy) is 1. The van der Waals surface area contributed by atoms with E-state index in [1.54, 1.807) is 0 Å². The van der Waals surface area contributed by atoms with Gasteiger partial charge in [-0.2, -0.15) is 0 Å². The second kappa shape index (κ2) is 7.88. The first-order chi connectivity index (χ1) is 15.2. The third-order valence-corrected chi connectivity index (χ3v) is 5.61. The Labute approximate surface area is 180 Å². The zero-order valence-corrected chi connectivity index (χ0v) is 17.1. The van der Waals surface area contributed by atoms with Crippen LogP contribution < -0.4 is 15.8 Å². The van der Waals surface area contributed by atoms with Gasteiger partial charge in [0.15, 0.2) is 11.4 Å². The summed E-state index contributed by atoms with van der Waals surface area (Å²) in [5.41, 5.74) is -2.29. The molecule has 2 atom stereocenters. The second-order valence-electron chi connectivity index (χ2n) is 7.51. The van der Waals surface area contributed by atoms with Gasteiger partial charge >= 0.3 is 0 Å². The average Bonchev–Trinajstić information content (AvgIpc) is 3.07. The molecule has 0 saturated carbocycles. The number of amides is 2. The Morgan fingerprint density at radius 3 is 2.69 bits per heavy atom. The van der Waals surface area contributed by atoms with E-state index < -0.39 is 52.5 Å². The number of carbonyl (C=O) groups is 2. The van der Waals surface area contributed by atoms with E-state index in [1.165, 1.54) is 28.7 Å². The van der Waals surface area contributed by atoms with Crippen LogP contribution in [0.3, 0.4) is 0 Å². The number of hydrogen-bond acceptors (Lipinski definition) is 7. The lowest BCUT2D eigenvalue weighted by molar-refractivity contribution is 0.0465. The number of aromatic hydroxyl groups is 1. The SMILES string of the molecule is COCC1N(C)C(=O)c2c(O)c(=O)c(C(=O)NCc3ccc(F)cc3F)c3n2N1CC3O.